The molecule has 2 aromatic rings. The average Bonchev–Trinajstić information content (AvgIpc) is 2.37. The highest BCUT2D eigenvalue weighted by atomic mass is 79.9. The standard InChI is InChI=1S/C14H12BrClN2O/c1-8-2-3-9(6-13(8)17)14(19)18-10-4-5-12(16)11(15)7-10/h2-7H,17H2,1H3,(H,18,19). The molecule has 0 saturated heterocycles. The lowest BCUT2D eigenvalue weighted by Crippen LogP contribution is -2.12. The number of carbonyl (C=O) groups excluding carboxylic acids is 1. The van der Waals surface area contributed by atoms with Crippen molar-refractivity contribution in [3.8, 4) is 0 Å². The Hall–Kier alpha value is -1.52. The van der Waals surface area contributed by atoms with E-state index in [1.165, 1.54) is 0 Å². The van der Waals surface area contributed by atoms with Crippen molar-refractivity contribution in [3.05, 3.63) is 57.0 Å². The fraction of sp³-hybridized carbons (Fsp3) is 0.0714. The van der Waals surface area contributed by atoms with Crippen molar-refractivity contribution < 1.29 is 4.79 Å². The Morgan fingerprint density at radius 2 is 2.00 bits per heavy atom. The van der Waals surface area contributed by atoms with Crippen molar-refractivity contribution in [2.45, 2.75) is 6.92 Å². The molecule has 3 N–H and O–H groups in total. The van der Waals surface area contributed by atoms with Gasteiger partial charge in [0.05, 0.1) is 5.02 Å². The minimum Gasteiger partial charge on any atom is -0.398 e. The second-order valence-corrected chi connectivity index (χ2v) is 5.42. The Morgan fingerprint density at radius 3 is 2.63 bits per heavy atom. The first-order valence-electron chi connectivity index (χ1n) is 5.60. The maximum absolute atomic E-state index is 12.1. The van der Waals surface area contributed by atoms with Gasteiger partial charge >= 0.3 is 0 Å². The molecular formula is C14H12BrClN2O. The second kappa shape index (κ2) is 5.63. The molecule has 19 heavy (non-hydrogen) atoms. The summed E-state index contributed by atoms with van der Waals surface area (Å²) < 4.78 is 0.732. The summed E-state index contributed by atoms with van der Waals surface area (Å²) in [7, 11) is 0. The summed E-state index contributed by atoms with van der Waals surface area (Å²) >= 11 is 9.21. The number of benzene rings is 2. The summed E-state index contributed by atoms with van der Waals surface area (Å²) in [6.07, 6.45) is 0. The summed E-state index contributed by atoms with van der Waals surface area (Å²) in [5, 5.41) is 3.38. The van der Waals surface area contributed by atoms with Crippen molar-refractivity contribution in [1.82, 2.24) is 0 Å². The molecule has 0 bridgehead atoms. The highest BCUT2D eigenvalue weighted by molar-refractivity contribution is 9.10. The average molecular weight is 340 g/mol. The van der Waals surface area contributed by atoms with Crippen LogP contribution in [0.1, 0.15) is 15.9 Å². The first kappa shape index (κ1) is 13.9. The lowest BCUT2D eigenvalue weighted by Gasteiger charge is -2.08. The van der Waals surface area contributed by atoms with Crippen LogP contribution in [0.3, 0.4) is 0 Å². The number of nitrogens with one attached hydrogen (secondary N) is 1. The van der Waals surface area contributed by atoms with E-state index >= 15 is 0 Å². The van der Waals surface area contributed by atoms with E-state index in [9.17, 15) is 4.79 Å². The number of aryl methyl sites for hydroxylation is 1. The third kappa shape index (κ3) is 3.28. The van der Waals surface area contributed by atoms with Crippen LogP contribution in [0.2, 0.25) is 5.02 Å². The predicted octanol–water partition coefficient (Wildman–Crippen LogP) is 4.25. The van der Waals surface area contributed by atoms with E-state index in [0.29, 0.717) is 22.0 Å². The second-order valence-electron chi connectivity index (χ2n) is 4.15. The summed E-state index contributed by atoms with van der Waals surface area (Å²) in [6.45, 7) is 1.90. The molecule has 98 valence electrons. The third-order valence-corrected chi connectivity index (χ3v) is 3.93. The van der Waals surface area contributed by atoms with Crippen LogP contribution >= 0.6 is 27.5 Å². The molecule has 0 heterocycles. The number of nitrogens with two attached hydrogens (primary N) is 1. The lowest BCUT2D eigenvalue weighted by molar-refractivity contribution is 0.102. The fourth-order valence-corrected chi connectivity index (χ4v) is 2.06. The first-order valence-corrected chi connectivity index (χ1v) is 6.77. The summed E-state index contributed by atoms with van der Waals surface area (Å²) in [5.74, 6) is -0.207. The van der Waals surface area contributed by atoms with Gasteiger partial charge in [-0.05, 0) is 58.7 Å². The number of anilines is 2. The van der Waals surface area contributed by atoms with Gasteiger partial charge in [-0.25, -0.2) is 0 Å². The van der Waals surface area contributed by atoms with Crippen LogP contribution in [0.15, 0.2) is 40.9 Å². The van der Waals surface area contributed by atoms with E-state index in [2.05, 4.69) is 21.2 Å². The van der Waals surface area contributed by atoms with Gasteiger partial charge in [-0.2, -0.15) is 0 Å². The largest absolute Gasteiger partial charge is 0.398 e. The van der Waals surface area contributed by atoms with Crippen molar-refractivity contribution >= 4 is 44.8 Å². The van der Waals surface area contributed by atoms with Gasteiger partial charge in [0.2, 0.25) is 0 Å². The van der Waals surface area contributed by atoms with Crippen LogP contribution in [-0.4, -0.2) is 5.91 Å². The maximum atomic E-state index is 12.1. The first-order chi connectivity index (χ1) is 8.97. The highest BCUT2D eigenvalue weighted by Gasteiger charge is 2.08. The Labute approximate surface area is 124 Å². The Morgan fingerprint density at radius 1 is 1.26 bits per heavy atom. The highest BCUT2D eigenvalue weighted by Crippen LogP contribution is 2.26. The van der Waals surface area contributed by atoms with Crippen molar-refractivity contribution in [2.24, 2.45) is 0 Å². The van der Waals surface area contributed by atoms with Gasteiger partial charge < -0.3 is 11.1 Å². The fourth-order valence-electron chi connectivity index (χ4n) is 1.56. The molecule has 0 atom stereocenters. The number of hydrogen-bond donors (Lipinski definition) is 2. The number of hydrogen-bond acceptors (Lipinski definition) is 2. The number of carbonyl (C=O) groups is 1. The molecule has 1 amide bonds. The summed E-state index contributed by atoms with van der Waals surface area (Å²) in [4.78, 5) is 12.1. The summed E-state index contributed by atoms with van der Waals surface area (Å²) in [5.41, 5.74) is 8.53. The molecule has 3 nitrogen and oxygen atoms in total. The van der Waals surface area contributed by atoms with E-state index < -0.39 is 0 Å². The smallest absolute Gasteiger partial charge is 0.255 e. The molecular weight excluding hydrogens is 328 g/mol. The van der Waals surface area contributed by atoms with Crippen LogP contribution in [0, 0.1) is 6.92 Å². The molecule has 0 aliphatic carbocycles. The number of amides is 1. The third-order valence-electron chi connectivity index (χ3n) is 2.72. The van der Waals surface area contributed by atoms with Gasteiger partial charge in [-0.3, -0.25) is 4.79 Å². The van der Waals surface area contributed by atoms with Crippen LogP contribution in [0.25, 0.3) is 0 Å². The predicted molar refractivity (Wildman–Crippen MR) is 82.7 cm³/mol. The van der Waals surface area contributed by atoms with Crippen molar-refractivity contribution in [2.75, 3.05) is 11.1 Å². The van der Waals surface area contributed by atoms with E-state index in [0.717, 1.165) is 10.0 Å². The quantitative estimate of drug-likeness (QED) is 0.804. The van der Waals surface area contributed by atoms with Gasteiger partial charge in [0.15, 0.2) is 0 Å². The maximum Gasteiger partial charge on any atom is 0.255 e. The normalized spacial score (nSPS) is 10.3. The molecule has 2 rings (SSSR count). The molecule has 0 aromatic heterocycles. The molecule has 0 spiro atoms. The Balaban J connectivity index is 2.20. The Kier molecular flexibility index (Phi) is 4.12. The zero-order valence-corrected chi connectivity index (χ0v) is 12.5. The van der Waals surface area contributed by atoms with E-state index in [1.54, 1.807) is 30.3 Å². The zero-order valence-electron chi connectivity index (χ0n) is 10.2. The molecule has 0 saturated carbocycles. The molecule has 0 radical (unpaired) electrons. The molecule has 0 aliphatic heterocycles. The van der Waals surface area contributed by atoms with Crippen LogP contribution < -0.4 is 11.1 Å². The monoisotopic (exact) mass is 338 g/mol. The SMILES string of the molecule is Cc1ccc(C(=O)Nc2ccc(Cl)c(Br)c2)cc1N. The minimum absolute atomic E-state index is 0.207. The van der Waals surface area contributed by atoms with Gasteiger partial charge in [-0.15, -0.1) is 0 Å². The minimum atomic E-state index is -0.207. The van der Waals surface area contributed by atoms with E-state index in [1.807, 2.05) is 13.0 Å². The van der Waals surface area contributed by atoms with Gasteiger partial charge in [0, 0.05) is 21.4 Å². The van der Waals surface area contributed by atoms with Crippen molar-refractivity contribution in [3.63, 3.8) is 0 Å². The molecule has 0 aliphatic rings. The molecule has 0 unspecified atom stereocenters. The Bertz CT molecular complexity index is 643. The lowest BCUT2D eigenvalue weighted by atomic mass is 10.1. The van der Waals surface area contributed by atoms with Crippen LogP contribution in [-0.2, 0) is 0 Å². The van der Waals surface area contributed by atoms with Crippen molar-refractivity contribution in [1.29, 1.82) is 0 Å². The van der Waals surface area contributed by atoms with Gasteiger partial charge in [-0.1, -0.05) is 17.7 Å². The van der Waals surface area contributed by atoms with E-state index in [4.69, 9.17) is 17.3 Å². The molecule has 0 fully saturated rings. The summed E-state index contributed by atoms with van der Waals surface area (Å²) in [6, 6.07) is 10.4. The molecule has 5 heteroatoms. The molecule has 2 aromatic carbocycles. The van der Waals surface area contributed by atoms with Crippen LogP contribution in [0.5, 0.6) is 0 Å². The van der Waals surface area contributed by atoms with Gasteiger partial charge in [0.25, 0.3) is 5.91 Å². The number of rotatable bonds is 2. The number of nitrogen functional groups attached to an aromatic ring is 1. The van der Waals surface area contributed by atoms with Crippen LogP contribution in [0.4, 0.5) is 11.4 Å². The van der Waals surface area contributed by atoms with Gasteiger partial charge in [0.1, 0.15) is 0 Å². The zero-order chi connectivity index (χ0) is 14.0. The van der Waals surface area contributed by atoms with E-state index in [-0.39, 0.29) is 5.91 Å². The number of halogens is 2. The topological polar surface area (TPSA) is 55.1 Å².